The molecule has 3 nitrogen and oxygen atoms in total. The number of nitrogens with zero attached hydrogens (tertiary/aromatic N) is 2. The predicted molar refractivity (Wildman–Crippen MR) is 95.5 cm³/mol. The Morgan fingerprint density at radius 1 is 1.14 bits per heavy atom. The summed E-state index contributed by atoms with van der Waals surface area (Å²) in [6.45, 7) is 15.5. The second-order valence-corrected chi connectivity index (χ2v) is 7.31. The van der Waals surface area contributed by atoms with Crippen LogP contribution in [0, 0.1) is 0 Å². The lowest BCUT2D eigenvalue weighted by atomic mass is 10.2. The molecule has 1 aromatic rings. The Labute approximate surface area is 135 Å². The van der Waals surface area contributed by atoms with Crippen molar-refractivity contribution in [2.75, 3.05) is 11.4 Å². The van der Waals surface area contributed by atoms with Crippen LogP contribution >= 0.6 is 11.3 Å². The van der Waals surface area contributed by atoms with Crippen LogP contribution in [0.15, 0.2) is 0 Å². The van der Waals surface area contributed by atoms with Crippen LogP contribution in [0.2, 0.25) is 0 Å². The molecule has 0 aromatic carbocycles. The topological polar surface area (TPSA) is 28.2 Å². The Kier molecular flexibility index (Phi) is 8.27. The highest BCUT2D eigenvalue weighted by atomic mass is 32.1. The van der Waals surface area contributed by atoms with Gasteiger partial charge in [-0.3, -0.25) is 0 Å². The molecule has 21 heavy (non-hydrogen) atoms. The van der Waals surface area contributed by atoms with Crippen molar-refractivity contribution in [3.05, 3.63) is 10.6 Å². The summed E-state index contributed by atoms with van der Waals surface area (Å²) >= 11 is 1.87. The number of unbranched alkanes of at least 4 members (excludes halogenated alkanes) is 2. The van der Waals surface area contributed by atoms with Gasteiger partial charge in [0.1, 0.15) is 0 Å². The van der Waals surface area contributed by atoms with Gasteiger partial charge in [0.05, 0.1) is 5.69 Å². The molecule has 122 valence electrons. The van der Waals surface area contributed by atoms with Gasteiger partial charge in [0, 0.05) is 30.1 Å². The molecular weight excluding hydrogens is 278 g/mol. The normalized spacial score (nSPS) is 11.6. The highest BCUT2D eigenvalue weighted by molar-refractivity contribution is 7.15. The molecule has 1 N–H and O–H groups in total. The van der Waals surface area contributed by atoms with Gasteiger partial charge in [-0.1, -0.05) is 40.5 Å². The Balaban J connectivity index is 2.82. The van der Waals surface area contributed by atoms with E-state index in [4.69, 9.17) is 4.98 Å². The van der Waals surface area contributed by atoms with E-state index in [1.54, 1.807) is 0 Å². The Bertz CT molecular complexity index is 399. The number of aryl methyl sites for hydroxylation is 1. The van der Waals surface area contributed by atoms with Gasteiger partial charge >= 0.3 is 0 Å². The zero-order valence-electron chi connectivity index (χ0n) is 14.7. The molecule has 0 fully saturated rings. The summed E-state index contributed by atoms with van der Waals surface area (Å²) in [5.74, 6) is 0. The van der Waals surface area contributed by atoms with Crippen LogP contribution in [-0.2, 0) is 13.0 Å². The number of rotatable bonds is 10. The summed E-state index contributed by atoms with van der Waals surface area (Å²) < 4.78 is 0. The first-order valence-corrected chi connectivity index (χ1v) is 9.29. The zero-order valence-corrected chi connectivity index (χ0v) is 15.5. The molecule has 1 aromatic heterocycles. The minimum absolute atomic E-state index is 0.517. The Morgan fingerprint density at radius 2 is 1.86 bits per heavy atom. The molecule has 0 atom stereocenters. The van der Waals surface area contributed by atoms with Gasteiger partial charge in [-0.25, -0.2) is 4.98 Å². The quantitative estimate of drug-likeness (QED) is 0.640. The molecule has 0 aliphatic rings. The number of hydrogen-bond donors (Lipinski definition) is 1. The number of thiazole rings is 1. The van der Waals surface area contributed by atoms with Crippen LogP contribution in [0.1, 0.15) is 71.4 Å². The van der Waals surface area contributed by atoms with Gasteiger partial charge in [0.15, 0.2) is 5.13 Å². The number of nitrogens with one attached hydrogen (secondary N) is 1. The molecule has 0 saturated heterocycles. The third-order valence-electron chi connectivity index (χ3n) is 3.64. The number of hydrogen-bond acceptors (Lipinski definition) is 4. The summed E-state index contributed by atoms with van der Waals surface area (Å²) in [5.41, 5.74) is 1.27. The zero-order chi connectivity index (χ0) is 15.8. The van der Waals surface area contributed by atoms with Gasteiger partial charge in [0.2, 0.25) is 0 Å². The van der Waals surface area contributed by atoms with E-state index in [2.05, 4.69) is 51.8 Å². The van der Waals surface area contributed by atoms with Crippen LogP contribution < -0.4 is 10.2 Å². The van der Waals surface area contributed by atoms with Crippen LogP contribution in [0.4, 0.5) is 5.13 Å². The lowest BCUT2D eigenvalue weighted by molar-refractivity contribution is 0.590. The first kappa shape index (κ1) is 18.4. The van der Waals surface area contributed by atoms with Gasteiger partial charge in [-0.15, -0.1) is 11.3 Å². The number of anilines is 1. The standard InChI is InChI=1S/C17H33N3S/c1-7-9-10-11-20(14(5)6)17-19-15(8-2)16(21-17)12-18-13(3)4/h13-14,18H,7-12H2,1-6H3. The monoisotopic (exact) mass is 311 g/mol. The van der Waals surface area contributed by atoms with Crippen LogP contribution in [0.5, 0.6) is 0 Å². The minimum atomic E-state index is 0.517. The van der Waals surface area contributed by atoms with Crippen molar-refractivity contribution in [3.8, 4) is 0 Å². The lowest BCUT2D eigenvalue weighted by Gasteiger charge is -2.26. The first-order valence-electron chi connectivity index (χ1n) is 8.48. The smallest absolute Gasteiger partial charge is 0.186 e. The predicted octanol–water partition coefficient (Wildman–Crippen LogP) is 4.61. The third-order valence-corrected chi connectivity index (χ3v) is 4.78. The van der Waals surface area contributed by atoms with Crippen molar-refractivity contribution in [2.24, 2.45) is 0 Å². The average molecular weight is 312 g/mol. The van der Waals surface area contributed by atoms with Gasteiger partial charge < -0.3 is 10.2 Å². The maximum Gasteiger partial charge on any atom is 0.186 e. The van der Waals surface area contributed by atoms with Gasteiger partial charge in [-0.05, 0) is 26.7 Å². The van der Waals surface area contributed by atoms with E-state index in [9.17, 15) is 0 Å². The molecule has 0 unspecified atom stereocenters. The largest absolute Gasteiger partial charge is 0.346 e. The minimum Gasteiger partial charge on any atom is -0.346 e. The number of aromatic nitrogens is 1. The van der Waals surface area contributed by atoms with Crippen molar-refractivity contribution in [1.82, 2.24) is 10.3 Å². The molecular formula is C17H33N3S. The SMILES string of the molecule is CCCCCN(c1nc(CC)c(CNC(C)C)s1)C(C)C. The third kappa shape index (κ3) is 5.95. The van der Waals surface area contributed by atoms with E-state index in [1.807, 2.05) is 11.3 Å². The van der Waals surface area contributed by atoms with Crippen molar-refractivity contribution >= 4 is 16.5 Å². The maximum atomic E-state index is 4.91. The highest BCUT2D eigenvalue weighted by Crippen LogP contribution is 2.28. The second-order valence-electron chi connectivity index (χ2n) is 6.25. The van der Waals surface area contributed by atoms with Crippen LogP contribution in [-0.4, -0.2) is 23.6 Å². The summed E-state index contributed by atoms with van der Waals surface area (Å²) in [5, 5.41) is 4.73. The van der Waals surface area contributed by atoms with E-state index in [-0.39, 0.29) is 0 Å². The van der Waals surface area contributed by atoms with Crippen molar-refractivity contribution < 1.29 is 0 Å². The molecule has 0 radical (unpaired) electrons. The summed E-state index contributed by atoms with van der Waals surface area (Å²) in [6.07, 6.45) is 4.85. The van der Waals surface area contributed by atoms with Crippen molar-refractivity contribution in [3.63, 3.8) is 0 Å². The van der Waals surface area contributed by atoms with E-state index >= 15 is 0 Å². The van der Waals surface area contributed by atoms with E-state index < -0.39 is 0 Å². The molecule has 1 heterocycles. The molecule has 0 bridgehead atoms. The lowest BCUT2D eigenvalue weighted by Crippen LogP contribution is -2.31. The van der Waals surface area contributed by atoms with E-state index in [0.29, 0.717) is 12.1 Å². The summed E-state index contributed by atoms with van der Waals surface area (Å²) in [4.78, 5) is 8.79. The maximum absolute atomic E-state index is 4.91. The van der Waals surface area contributed by atoms with E-state index in [0.717, 1.165) is 19.5 Å². The Hall–Kier alpha value is -0.610. The summed E-state index contributed by atoms with van der Waals surface area (Å²) in [7, 11) is 0. The van der Waals surface area contributed by atoms with Gasteiger partial charge in [0.25, 0.3) is 0 Å². The van der Waals surface area contributed by atoms with Crippen molar-refractivity contribution in [1.29, 1.82) is 0 Å². The molecule has 0 amide bonds. The van der Waals surface area contributed by atoms with Crippen LogP contribution in [0.3, 0.4) is 0 Å². The van der Waals surface area contributed by atoms with Crippen molar-refractivity contribution in [2.45, 2.75) is 85.9 Å². The molecule has 0 aliphatic carbocycles. The summed E-state index contributed by atoms with van der Waals surface area (Å²) in [6, 6.07) is 1.04. The average Bonchev–Trinajstić information content (AvgIpc) is 2.83. The molecule has 4 heteroatoms. The van der Waals surface area contributed by atoms with Crippen LogP contribution in [0.25, 0.3) is 0 Å². The molecule has 0 saturated carbocycles. The molecule has 0 spiro atoms. The fourth-order valence-corrected chi connectivity index (χ4v) is 3.57. The fourth-order valence-electron chi connectivity index (χ4n) is 2.31. The fraction of sp³-hybridized carbons (Fsp3) is 0.824. The second kappa shape index (κ2) is 9.42. The highest BCUT2D eigenvalue weighted by Gasteiger charge is 2.17. The molecule has 1 rings (SSSR count). The first-order chi connectivity index (χ1) is 9.99. The Morgan fingerprint density at radius 3 is 2.38 bits per heavy atom. The molecule has 0 aliphatic heterocycles. The van der Waals surface area contributed by atoms with E-state index in [1.165, 1.54) is 35.0 Å². The van der Waals surface area contributed by atoms with Gasteiger partial charge in [-0.2, -0.15) is 0 Å².